The molecule has 10 nitrogen and oxygen atoms in total. The molecule has 0 bridgehead atoms. The molecule has 0 aliphatic carbocycles. The summed E-state index contributed by atoms with van der Waals surface area (Å²) in [5.74, 6) is -1.96. The summed E-state index contributed by atoms with van der Waals surface area (Å²) in [6, 6.07) is 23.0. The van der Waals surface area contributed by atoms with E-state index < -0.39 is 47.7 Å². The van der Waals surface area contributed by atoms with E-state index in [2.05, 4.69) is 10.0 Å². The maximum atomic E-state index is 13.2. The van der Waals surface area contributed by atoms with E-state index in [1.165, 1.54) is 18.7 Å². The van der Waals surface area contributed by atoms with Crippen LogP contribution in [0.25, 0.3) is 10.4 Å². The molecule has 3 aromatic rings. The topological polar surface area (TPSA) is 137 Å². The van der Waals surface area contributed by atoms with Gasteiger partial charge < -0.3 is 18.9 Å². The maximum Gasteiger partial charge on any atom is 0.338 e. The molecule has 0 amide bonds. The fraction of sp³-hybridized carbons (Fsp3) is 0.276. The summed E-state index contributed by atoms with van der Waals surface area (Å²) in [6.07, 6.45) is -3.47. The molecule has 1 saturated heterocycles. The third kappa shape index (κ3) is 7.41. The maximum absolute atomic E-state index is 13.2. The molecule has 0 spiro atoms. The van der Waals surface area contributed by atoms with Crippen molar-refractivity contribution >= 4 is 29.7 Å². The number of nitrogens with zero attached hydrogens (tertiary/aromatic N) is 3. The Kier molecular flexibility index (Phi) is 9.80. The molecule has 5 atom stereocenters. The Balaban J connectivity index is 1.75. The van der Waals surface area contributed by atoms with Gasteiger partial charge in [0.1, 0.15) is 24.2 Å². The second-order valence-corrected chi connectivity index (χ2v) is 10.1. The van der Waals surface area contributed by atoms with Gasteiger partial charge in [0, 0.05) is 16.7 Å². The van der Waals surface area contributed by atoms with Crippen LogP contribution in [0.5, 0.6) is 0 Å². The van der Waals surface area contributed by atoms with E-state index in [9.17, 15) is 19.9 Å². The van der Waals surface area contributed by atoms with E-state index in [-0.39, 0.29) is 17.7 Å². The molecule has 40 heavy (non-hydrogen) atoms. The molecule has 0 radical (unpaired) electrons. The largest absolute Gasteiger partial charge is 0.463 e. The summed E-state index contributed by atoms with van der Waals surface area (Å²) < 4.78 is 23.3. The molecule has 3 aromatic carbocycles. The first-order valence-electron chi connectivity index (χ1n) is 12.4. The zero-order valence-electron chi connectivity index (χ0n) is 21.8. The number of azide groups is 1. The average molecular weight is 562 g/mol. The van der Waals surface area contributed by atoms with E-state index >= 15 is 0 Å². The quantitative estimate of drug-likeness (QED) is 0.110. The predicted octanol–water partition coefficient (Wildman–Crippen LogP) is 5.51. The Hall–Kier alpha value is -4.31. The van der Waals surface area contributed by atoms with Gasteiger partial charge in [0.15, 0.2) is 12.2 Å². The highest BCUT2D eigenvalue weighted by Gasteiger charge is 2.51. The Morgan fingerprint density at radius 2 is 1.43 bits per heavy atom. The van der Waals surface area contributed by atoms with Crippen LogP contribution < -0.4 is 0 Å². The molecule has 4 rings (SSSR count). The highest BCUT2D eigenvalue weighted by Crippen LogP contribution is 2.38. The molecule has 0 unspecified atom stereocenters. The zero-order valence-corrected chi connectivity index (χ0v) is 22.6. The van der Waals surface area contributed by atoms with Gasteiger partial charge in [0.05, 0.1) is 11.1 Å². The van der Waals surface area contributed by atoms with Crippen molar-refractivity contribution in [3.8, 4) is 0 Å². The standard InChI is InChI=1S/C29H27N3O7S/c1-18-13-15-22(16-14-18)40-29-26(39-28(35)21-11-7-4-8-12-21)25(38-27(34)20-9-5-3-6-10-20)24(31-32-30)23(37-29)17-36-19(2)33/h3-16,23-26,29H,17H2,1-2H3/t23-,24-,25+,26-,29+/m1/s1. The lowest BCUT2D eigenvalue weighted by molar-refractivity contribution is -0.172. The van der Waals surface area contributed by atoms with Crippen molar-refractivity contribution in [2.24, 2.45) is 5.11 Å². The number of thioether (sulfide) groups is 1. The summed E-state index contributed by atoms with van der Waals surface area (Å²) in [5, 5.41) is 3.84. The van der Waals surface area contributed by atoms with Crippen LogP contribution in [0.2, 0.25) is 0 Å². The molecule has 1 fully saturated rings. The van der Waals surface area contributed by atoms with E-state index in [0.29, 0.717) is 0 Å². The first kappa shape index (κ1) is 28.7. The number of hydrogen-bond acceptors (Lipinski definition) is 9. The summed E-state index contributed by atoms with van der Waals surface area (Å²) in [4.78, 5) is 41.8. The van der Waals surface area contributed by atoms with Gasteiger partial charge in [0.25, 0.3) is 0 Å². The first-order chi connectivity index (χ1) is 19.4. The highest BCUT2D eigenvalue weighted by atomic mass is 32.2. The zero-order chi connectivity index (χ0) is 28.5. The fourth-order valence-corrected chi connectivity index (χ4v) is 5.17. The fourth-order valence-electron chi connectivity index (χ4n) is 4.06. The summed E-state index contributed by atoms with van der Waals surface area (Å²) in [7, 11) is 0. The van der Waals surface area contributed by atoms with Gasteiger partial charge in [-0.2, -0.15) is 0 Å². The summed E-state index contributed by atoms with van der Waals surface area (Å²) in [5.41, 5.74) is 10.0. The Bertz CT molecular complexity index is 1370. The van der Waals surface area contributed by atoms with Gasteiger partial charge in [-0.25, -0.2) is 9.59 Å². The SMILES string of the molecule is CC(=O)OC[C@H]1O[C@@H](Sc2ccc(C)cc2)[C@H](OC(=O)c2ccccc2)[C@@H](OC(=O)c2ccccc2)[C@@H]1N=[N+]=[N-]. The van der Waals surface area contributed by atoms with Crippen molar-refractivity contribution < 1.29 is 33.3 Å². The van der Waals surface area contributed by atoms with Crippen LogP contribution >= 0.6 is 11.8 Å². The van der Waals surface area contributed by atoms with Crippen LogP contribution in [0.15, 0.2) is 94.9 Å². The van der Waals surface area contributed by atoms with Crippen LogP contribution in [0.4, 0.5) is 0 Å². The monoisotopic (exact) mass is 561 g/mol. The lowest BCUT2D eigenvalue weighted by Crippen LogP contribution is -2.59. The van der Waals surface area contributed by atoms with Gasteiger partial charge in [-0.1, -0.05) is 71.0 Å². The summed E-state index contributed by atoms with van der Waals surface area (Å²) in [6.45, 7) is 2.92. The first-order valence-corrected chi connectivity index (χ1v) is 13.3. The molecule has 0 N–H and O–H groups in total. The molecule has 206 valence electrons. The lowest BCUT2D eigenvalue weighted by Gasteiger charge is -2.43. The lowest BCUT2D eigenvalue weighted by atomic mass is 9.97. The third-order valence-corrected chi connectivity index (χ3v) is 7.19. The molecular formula is C29H27N3O7S. The third-order valence-electron chi connectivity index (χ3n) is 6.03. The van der Waals surface area contributed by atoms with Gasteiger partial charge in [0.2, 0.25) is 0 Å². The molecule has 0 saturated carbocycles. The number of aryl methyl sites for hydroxylation is 1. The molecule has 1 heterocycles. The van der Waals surface area contributed by atoms with Crippen molar-refractivity contribution in [1.82, 2.24) is 0 Å². The van der Waals surface area contributed by atoms with E-state index in [4.69, 9.17) is 18.9 Å². The minimum absolute atomic E-state index is 0.251. The smallest absolute Gasteiger partial charge is 0.338 e. The average Bonchev–Trinajstić information content (AvgIpc) is 2.97. The molecule has 1 aliphatic heterocycles. The van der Waals surface area contributed by atoms with E-state index in [0.717, 1.165) is 10.5 Å². The van der Waals surface area contributed by atoms with Crippen molar-refractivity contribution in [2.75, 3.05) is 6.61 Å². The van der Waals surface area contributed by atoms with Gasteiger partial charge in [-0.05, 0) is 48.9 Å². The van der Waals surface area contributed by atoms with Crippen LogP contribution in [0.1, 0.15) is 33.2 Å². The van der Waals surface area contributed by atoms with Gasteiger partial charge in [-0.15, -0.1) is 0 Å². The van der Waals surface area contributed by atoms with Crippen molar-refractivity contribution in [3.05, 3.63) is 112 Å². The number of benzene rings is 3. The second-order valence-electron chi connectivity index (χ2n) is 8.94. The van der Waals surface area contributed by atoms with E-state index in [1.807, 2.05) is 31.2 Å². The predicted molar refractivity (Wildman–Crippen MR) is 147 cm³/mol. The number of carbonyl (C=O) groups excluding carboxylic acids is 3. The number of esters is 3. The van der Waals surface area contributed by atoms with Crippen LogP contribution in [0.3, 0.4) is 0 Å². The number of hydrogen-bond donors (Lipinski definition) is 0. The molecule has 11 heteroatoms. The van der Waals surface area contributed by atoms with Crippen molar-refractivity contribution in [2.45, 2.75) is 48.5 Å². The minimum Gasteiger partial charge on any atom is -0.463 e. The molecular weight excluding hydrogens is 534 g/mol. The number of rotatable bonds is 9. The molecule has 1 aliphatic rings. The normalized spacial score (nSPS) is 21.9. The van der Waals surface area contributed by atoms with E-state index in [1.54, 1.807) is 60.7 Å². The Morgan fingerprint density at radius 3 is 1.95 bits per heavy atom. The second kappa shape index (κ2) is 13.7. The number of carbonyl (C=O) groups is 3. The van der Waals surface area contributed by atoms with Crippen LogP contribution in [-0.4, -0.2) is 54.3 Å². The number of ether oxygens (including phenoxy) is 4. The van der Waals surface area contributed by atoms with Gasteiger partial charge in [-0.3, -0.25) is 4.79 Å². The van der Waals surface area contributed by atoms with Crippen LogP contribution in [-0.2, 0) is 23.7 Å². The Morgan fingerprint density at radius 1 is 0.875 bits per heavy atom. The molecule has 0 aromatic heterocycles. The highest BCUT2D eigenvalue weighted by molar-refractivity contribution is 7.99. The van der Waals surface area contributed by atoms with Crippen molar-refractivity contribution in [1.29, 1.82) is 0 Å². The Labute approximate surface area is 235 Å². The van der Waals surface area contributed by atoms with Crippen molar-refractivity contribution in [3.63, 3.8) is 0 Å². The summed E-state index contributed by atoms with van der Waals surface area (Å²) >= 11 is 1.24. The van der Waals surface area contributed by atoms with Gasteiger partial charge >= 0.3 is 17.9 Å². The van der Waals surface area contributed by atoms with Crippen LogP contribution in [0, 0.1) is 6.92 Å². The minimum atomic E-state index is -1.27.